The van der Waals surface area contributed by atoms with Gasteiger partial charge in [-0.3, -0.25) is 0 Å². The maximum absolute atomic E-state index is 9.98. The van der Waals surface area contributed by atoms with Crippen molar-refractivity contribution in [2.75, 3.05) is 6.61 Å². The third-order valence-electron chi connectivity index (χ3n) is 5.39. The molecule has 0 heterocycles. The fourth-order valence-electron chi connectivity index (χ4n) is 3.75. The number of hydrogen-bond acceptors (Lipinski definition) is 4. The molecule has 0 spiro atoms. The predicted octanol–water partition coefficient (Wildman–Crippen LogP) is 4.67. The van der Waals surface area contributed by atoms with Crippen LogP contribution in [0.5, 0.6) is 0 Å². The minimum Gasteiger partial charge on any atom is -0.392 e. The molecule has 4 nitrogen and oxygen atoms in total. The fraction of sp³-hybridized carbons (Fsp3) is 0.259. The van der Waals surface area contributed by atoms with Crippen LogP contribution in [0.3, 0.4) is 0 Å². The maximum Gasteiger partial charge on any atom is 0.118 e. The van der Waals surface area contributed by atoms with Crippen molar-refractivity contribution in [3.8, 4) is 0 Å². The number of ether oxygens (including phenoxy) is 3. The third kappa shape index (κ3) is 5.90. The van der Waals surface area contributed by atoms with E-state index in [0.29, 0.717) is 19.8 Å². The summed E-state index contributed by atoms with van der Waals surface area (Å²) in [5.41, 5.74) is 4.06. The van der Waals surface area contributed by atoms with Gasteiger partial charge in [-0.05, 0) is 28.3 Å². The van der Waals surface area contributed by atoms with Gasteiger partial charge in [0.2, 0.25) is 0 Å². The van der Waals surface area contributed by atoms with Gasteiger partial charge in [-0.15, -0.1) is 0 Å². The van der Waals surface area contributed by atoms with Crippen LogP contribution in [-0.4, -0.2) is 30.0 Å². The molecule has 0 aliphatic heterocycles. The van der Waals surface area contributed by atoms with E-state index in [2.05, 4.69) is 0 Å². The first kappa shape index (κ1) is 21.5. The van der Waals surface area contributed by atoms with E-state index >= 15 is 0 Å². The molecule has 3 atom stereocenters. The van der Waals surface area contributed by atoms with E-state index in [9.17, 15) is 5.11 Å². The molecule has 1 N–H and O–H groups in total. The number of benzene rings is 3. The molecule has 4 rings (SSSR count). The van der Waals surface area contributed by atoms with Gasteiger partial charge in [0.1, 0.15) is 18.3 Å². The van der Waals surface area contributed by atoms with E-state index in [-0.39, 0.29) is 24.9 Å². The van der Waals surface area contributed by atoms with Gasteiger partial charge in [0.15, 0.2) is 0 Å². The lowest BCUT2D eigenvalue weighted by molar-refractivity contribution is -0.116. The highest BCUT2D eigenvalue weighted by molar-refractivity contribution is 5.25. The highest BCUT2D eigenvalue weighted by Crippen LogP contribution is 2.30. The van der Waals surface area contributed by atoms with Crippen molar-refractivity contribution >= 4 is 0 Å². The number of hydrogen-bond donors (Lipinski definition) is 1. The summed E-state index contributed by atoms with van der Waals surface area (Å²) in [5.74, 6) is 0. The van der Waals surface area contributed by atoms with Crippen LogP contribution in [0, 0.1) is 0 Å². The molecule has 1 aliphatic rings. The molecule has 31 heavy (non-hydrogen) atoms. The molecule has 160 valence electrons. The van der Waals surface area contributed by atoms with Crippen LogP contribution in [0.4, 0.5) is 0 Å². The van der Waals surface area contributed by atoms with E-state index in [1.54, 1.807) is 0 Å². The average molecular weight is 417 g/mol. The zero-order valence-corrected chi connectivity index (χ0v) is 17.5. The molecule has 0 saturated heterocycles. The Morgan fingerprint density at radius 3 is 1.52 bits per heavy atom. The van der Waals surface area contributed by atoms with Crippen LogP contribution in [0.1, 0.15) is 16.7 Å². The van der Waals surface area contributed by atoms with Gasteiger partial charge >= 0.3 is 0 Å². The maximum atomic E-state index is 9.98. The lowest BCUT2D eigenvalue weighted by Crippen LogP contribution is -2.38. The van der Waals surface area contributed by atoms with Gasteiger partial charge in [-0.25, -0.2) is 0 Å². The van der Waals surface area contributed by atoms with Gasteiger partial charge in [0.05, 0.1) is 26.4 Å². The first-order chi connectivity index (χ1) is 15.3. The standard InChI is InChI=1S/C27H28O4/c28-17-24-16-25(29-18-21-10-4-1-5-11-21)27(31-20-23-14-8-3-9-15-23)26(24)30-19-22-12-6-2-7-13-22/h1-16,25-28H,17-20H2/t25-,26+,27+/m0/s1. The normalized spacial score (nSPS) is 20.5. The molecule has 0 fully saturated rings. The van der Waals surface area contributed by atoms with Crippen molar-refractivity contribution in [2.45, 2.75) is 38.1 Å². The molecule has 0 saturated carbocycles. The average Bonchev–Trinajstić information content (AvgIpc) is 3.18. The molecule has 1 aliphatic carbocycles. The van der Waals surface area contributed by atoms with Crippen molar-refractivity contribution < 1.29 is 19.3 Å². The summed E-state index contributed by atoms with van der Waals surface area (Å²) < 4.78 is 18.8. The second-order valence-electron chi connectivity index (χ2n) is 7.64. The van der Waals surface area contributed by atoms with Crippen molar-refractivity contribution in [2.24, 2.45) is 0 Å². The lowest BCUT2D eigenvalue weighted by Gasteiger charge is -2.27. The van der Waals surface area contributed by atoms with Crippen LogP contribution in [0.25, 0.3) is 0 Å². The summed E-state index contributed by atoms with van der Waals surface area (Å²) in [5, 5.41) is 9.98. The molecule has 3 aromatic rings. The molecule has 4 heteroatoms. The molecule has 0 amide bonds. The predicted molar refractivity (Wildman–Crippen MR) is 120 cm³/mol. The van der Waals surface area contributed by atoms with E-state index in [1.165, 1.54) is 0 Å². The Bertz CT molecular complexity index is 941. The second kappa shape index (κ2) is 11.0. The molecular formula is C27H28O4. The topological polar surface area (TPSA) is 47.9 Å². The Morgan fingerprint density at radius 1 is 0.581 bits per heavy atom. The van der Waals surface area contributed by atoms with Crippen LogP contribution < -0.4 is 0 Å². The summed E-state index contributed by atoms with van der Waals surface area (Å²) in [7, 11) is 0. The van der Waals surface area contributed by atoms with E-state index in [4.69, 9.17) is 14.2 Å². The van der Waals surface area contributed by atoms with E-state index < -0.39 is 0 Å². The Hall–Kier alpha value is -2.76. The van der Waals surface area contributed by atoms with E-state index in [1.807, 2.05) is 97.1 Å². The van der Waals surface area contributed by atoms with Crippen molar-refractivity contribution in [3.63, 3.8) is 0 Å². The number of rotatable bonds is 10. The highest BCUT2D eigenvalue weighted by atomic mass is 16.6. The minimum absolute atomic E-state index is 0.0875. The van der Waals surface area contributed by atoms with Crippen molar-refractivity contribution in [1.82, 2.24) is 0 Å². The number of aliphatic hydroxyl groups excluding tert-OH is 1. The van der Waals surface area contributed by atoms with Crippen molar-refractivity contribution in [3.05, 3.63) is 119 Å². The fourth-order valence-corrected chi connectivity index (χ4v) is 3.75. The zero-order chi connectivity index (χ0) is 21.3. The van der Waals surface area contributed by atoms with Gasteiger partial charge in [-0.1, -0.05) is 91.0 Å². The molecular weight excluding hydrogens is 388 g/mol. The number of aliphatic hydroxyl groups is 1. The quantitative estimate of drug-likeness (QED) is 0.488. The minimum atomic E-state index is -0.366. The van der Waals surface area contributed by atoms with Gasteiger partial charge in [0, 0.05) is 0 Å². The monoisotopic (exact) mass is 416 g/mol. The van der Waals surface area contributed by atoms with Crippen LogP contribution in [-0.2, 0) is 34.0 Å². The second-order valence-corrected chi connectivity index (χ2v) is 7.64. The molecule has 0 unspecified atom stereocenters. The molecule has 0 bridgehead atoms. The van der Waals surface area contributed by atoms with Gasteiger partial charge < -0.3 is 19.3 Å². The Morgan fingerprint density at radius 2 is 1.03 bits per heavy atom. The van der Waals surface area contributed by atoms with Gasteiger partial charge in [0.25, 0.3) is 0 Å². The largest absolute Gasteiger partial charge is 0.392 e. The molecule has 0 radical (unpaired) electrons. The summed E-state index contributed by atoms with van der Waals surface area (Å²) in [6.45, 7) is 1.28. The smallest absolute Gasteiger partial charge is 0.118 e. The van der Waals surface area contributed by atoms with Gasteiger partial charge in [-0.2, -0.15) is 0 Å². The van der Waals surface area contributed by atoms with Crippen LogP contribution >= 0.6 is 0 Å². The summed E-state index contributed by atoms with van der Waals surface area (Å²) in [4.78, 5) is 0. The van der Waals surface area contributed by atoms with Crippen LogP contribution in [0.15, 0.2) is 103 Å². The Balaban J connectivity index is 1.47. The molecule has 0 aromatic heterocycles. The molecule has 3 aromatic carbocycles. The first-order valence-electron chi connectivity index (χ1n) is 10.6. The van der Waals surface area contributed by atoms with E-state index in [0.717, 1.165) is 22.3 Å². The Kier molecular flexibility index (Phi) is 7.64. The van der Waals surface area contributed by atoms with Crippen LogP contribution in [0.2, 0.25) is 0 Å². The third-order valence-corrected chi connectivity index (χ3v) is 5.39. The summed E-state index contributed by atoms with van der Waals surface area (Å²) in [6.07, 6.45) is 0.949. The first-order valence-corrected chi connectivity index (χ1v) is 10.6. The van der Waals surface area contributed by atoms with Crippen molar-refractivity contribution in [1.29, 1.82) is 0 Å². The lowest BCUT2D eigenvalue weighted by atomic mass is 10.1. The zero-order valence-electron chi connectivity index (χ0n) is 17.5. The Labute approximate surface area is 183 Å². The SMILES string of the molecule is OCC1=C[C@H](OCc2ccccc2)[C@@H](OCc2ccccc2)[C@@H]1OCc1ccccc1. The highest BCUT2D eigenvalue weighted by Gasteiger charge is 2.39. The summed E-state index contributed by atoms with van der Waals surface area (Å²) >= 11 is 0. The summed E-state index contributed by atoms with van der Waals surface area (Å²) in [6, 6.07) is 30.1.